The second kappa shape index (κ2) is 11.1. The van der Waals surface area contributed by atoms with Gasteiger partial charge in [0.05, 0.1) is 0 Å². The molecule has 0 aliphatic heterocycles. The van der Waals surface area contributed by atoms with Crippen LogP contribution in [0.5, 0.6) is 0 Å². The Morgan fingerprint density at radius 2 is 1.68 bits per heavy atom. The second-order valence-corrected chi connectivity index (χ2v) is 9.28. The summed E-state index contributed by atoms with van der Waals surface area (Å²) in [6.45, 7) is 0.448. The van der Waals surface area contributed by atoms with Crippen LogP contribution in [0, 0.1) is 0 Å². The number of hydrogen-bond acceptors (Lipinski definition) is 3. The molecule has 9 heteroatoms. The fraction of sp³-hybridized carbons (Fsp3) is 0.158. The van der Waals surface area contributed by atoms with Crippen molar-refractivity contribution in [3.05, 3.63) is 76.8 Å². The van der Waals surface area contributed by atoms with Crippen LogP contribution >= 0.6 is 46.4 Å². The molecule has 0 aromatic heterocycles. The molecule has 2 aromatic carbocycles. The average Bonchev–Trinajstić information content (AvgIpc) is 2.65. The van der Waals surface area contributed by atoms with E-state index in [1.165, 1.54) is 6.08 Å². The van der Waals surface area contributed by atoms with Crippen molar-refractivity contribution in [2.24, 2.45) is 0 Å². The van der Waals surface area contributed by atoms with Crippen LogP contribution in [0.4, 0.5) is 0 Å². The molecule has 0 spiro atoms. The van der Waals surface area contributed by atoms with E-state index in [2.05, 4.69) is 31.5 Å². The van der Waals surface area contributed by atoms with Crippen LogP contribution in [-0.4, -0.2) is 36.1 Å². The third kappa shape index (κ3) is 8.04. The molecule has 0 radical (unpaired) electrons. The molecule has 0 aliphatic carbocycles. The molecule has 1 amide bonds. The molecule has 0 aliphatic rings. The Kier molecular flexibility index (Phi) is 9.15. The van der Waals surface area contributed by atoms with Gasteiger partial charge in [-0.2, -0.15) is 0 Å². The minimum absolute atomic E-state index is 0.411. The molecule has 0 heterocycles. The van der Waals surface area contributed by atoms with Gasteiger partial charge in [0, 0.05) is 0 Å². The standard InChI is InChI=1S/C19H17Cl4N3OSe/c20-15-9-5-4-8-14(15)12-24-18(28)26-17(19(21,22)23)25-16(27)11-10-13-6-2-1-3-7-13/h1-11,17H,12H2,(H,25,27)(H2,24,26,28)/b11-10+. The SMILES string of the molecule is O=C(/C=C/c1ccccc1)NC(NC(=[Se])NCc1ccccc1Cl)C(Cl)(Cl)Cl. The fourth-order valence-electron chi connectivity index (χ4n) is 2.13. The van der Waals surface area contributed by atoms with Gasteiger partial charge in [-0.05, 0) is 0 Å². The van der Waals surface area contributed by atoms with Gasteiger partial charge in [0.1, 0.15) is 0 Å². The van der Waals surface area contributed by atoms with E-state index in [4.69, 9.17) is 46.4 Å². The van der Waals surface area contributed by atoms with Crippen molar-refractivity contribution in [2.45, 2.75) is 16.5 Å². The van der Waals surface area contributed by atoms with Crippen molar-refractivity contribution in [1.29, 1.82) is 0 Å². The quantitative estimate of drug-likeness (QED) is 0.213. The van der Waals surface area contributed by atoms with Crippen LogP contribution in [0.2, 0.25) is 5.02 Å². The maximum absolute atomic E-state index is 12.2. The fourth-order valence-corrected chi connectivity index (χ4v) is 3.05. The van der Waals surface area contributed by atoms with Crippen molar-refractivity contribution in [1.82, 2.24) is 16.0 Å². The van der Waals surface area contributed by atoms with Gasteiger partial charge in [-0.25, -0.2) is 0 Å². The Hall–Kier alpha value is -1.20. The third-order valence-electron chi connectivity index (χ3n) is 3.51. The molecule has 2 rings (SSSR count). The summed E-state index contributed by atoms with van der Waals surface area (Å²) in [6.07, 6.45) is 2.07. The zero-order chi connectivity index (χ0) is 20.6. The van der Waals surface area contributed by atoms with Crippen LogP contribution in [0.15, 0.2) is 60.7 Å². The summed E-state index contributed by atoms with van der Waals surface area (Å²) < 4.78 is -1.29. The van der Waals surface area contributed by atoms with E-state index >= 15 is 0 Å². The number of rotatable bonds is 8. The molecule has 1 unspecified atom stereocenters. The molecule has 0 fully saturated rings. The van der Waals surface area contributed by atoms with E-state index < -0.39 is 15.9 Å². The molecule has 148 valence electrons. The molecule has 4 nitrogen and oxygen atoms in total. The average molecular weight is 524 g/mol. The second-order valence-electron chi connectivity index (χ2n) is 5.65. The number of alkyl halides is 3. The number of benzene rings is 2. The first-order valence-electron chi connectivity index (χ1n) is 8.14. The van der Waals surface area contributed by atoms with Gasteiger partial charge in [-0.15, -0.1) is 0 Å². The Morgan fingerprint density at radius 1 is 1.04 bits per heavy atom. The summed E-state index contributed by atoms with van der Waals surface area (Å²) in [6, 6.07) is 16.8. The maximum atomic E-state index is 12.2. The topological polar surface area (TPSA) is 53.2 Å². The van der Waals surface area contributed by atoms with Gasteiger partial charge in [0.25, 0.3) is 0 Å². The van der Waals surface area contributed by atoms with Crippen LogP contribution in [0.1, 0.15) is 11.1 Å². The van der Waals surface area contributed by atoms with E-state index in [1.54, 1.807) is 12.1 Å². The van der Waals surface area contributed by atoms with Gasteiger partial charge < -0.3 is 0 Å². The van der Waals surface area contributed by atoms with Crippen molar-refractivity contribution in [3.63, 3.8) is 0 Å². The Labute approximate surface area is 191 Å². The number of amides is 1. The minimum atomic E-state index is -1.78. The van der Waals surface area contributed by atoms with Crippen molar-refractivity contribution >= 4 is 78.6 Å². The van der Waals surface area contributed by atoms with Crippen LogP contribution in [0.25, 0.3) is 6.08 Å². The molecule has 2 aromatic rings. The van der Waals surface area contributed by atoms with Crippen LogP contribution < -0.4 is 16.0 Å². The van der Waals surface area contributed by atoms with Gasteiger partial charge in [-0.1, -0.05) is 0 Å². The summed E-state index contributed by atoms with van der Waals surface area (Å²) in [4.78, 5) is 12.2. The summed E-state index contributed by atoms with van der Waals surface area (Å²) in [5, 5.41) is 9.28. The number of halogens is 4. The molecule has 1 atom stereocenters. The van der Waals surface area contributed by atoms with Gasteiger partial charge >= 0.3 is 193 Å². The van der Waals surface area contributed by atoms with Gasteiger partial charge in [-0.3, -0.25) is 0 Å². The summed E-state index contributed by atoms with van der Waals surface area (Å²) in [7, 11) is 0. The molecule has 3 N–H and O–H groups in total. The third-order valence-corrected chi connectivity index (χ3v) is 5.09. The van der Waals surface area contributed by atoms with Crippen molar-refractivity contribution in [2.75, 3.05) is 0 Å². The molecule has 0 saturated carbocycles. The number of carbonyl (C=O) groups is 1. The van der Waals surface area contributed by atoms with E-state index in [0.29, 0.717) is 16.2 Å². The predicted octanol–water partition coefficient (Wildman–Crippen LogP) is 3.80. The van der Waals surface area contributed by atoms with Gasteiger partial charge in [0.2, 0.25) is 0 Å². The first kappa shape index (κ1) is 23.1. The normalized spacial score (nSPS) is 12.4. The van der Waals surface area contributed by atoms with Crippen LogP contribution in [0.3, 0.4) is 0 Å². The molecule has 0 saturated heterocycles. The van der Waals surface area contributed by atoms with Crippen molar-refractivity contribution in [3.8, 4) is 0 Å². The molecule has 28 heavy (non-hydrogen) atoms. The summed E-state index contributed by atoms with van der Waals surface area (Å²) in [5.41, 5.74) is 1.78. The zero-order valence-electron chi connectivity index (χ0n) is 14.5. The first-order chi connectivity index (χ1) is 13.3. The Bertz CT molecular complexity index is 841. The summed E-state index contributed by atoms with van der Waals surface area (Å²) >= 11 is 26.9. The number of carbonyl (C=O) groups excluding carboxylic acids is 1. The van der Waals surface area contributed by atoms with E-state index in [1.807, 2.05) is 48.5 Å². The van der Waals surface area contributed by atoms with Crippen molar-refractivity contribution < 1.29 is 4.79 Å². The van der Waals surface area contributed by atoms with E-state index in [-0.39, 0.29) is 0 Å². The molecule has 0 bridgehead atoms. The first-order valence-corrected chi connectivity index (χ1v) is 10.5. The molecular formula is C19H17Cl4N3OSe. The van der Waals surface area contributed by atoms with E-state index in [9.17, 15) is 4.79 Å². The number of hydrogen-bond donors (Lipinski definition) is 3. The van der Waals surface area contributed by atoms with E-state index in [0.717, 1.165) is 11.1 Å². The Balaban J connectivity index is 1.93. The zero-order valence-corrected chi connectivity index (χ0v) is 19.2. The number of nitrogens with one attached hydrogen (secondary N) is 3. The van der Waals surface area contributed by atoms with Gasteiger partial charge in [0.15, 0.2) is 0 Å². The predicted molar refractivity (Wildman–Crippen MR) is 120 cm³/mol. The Morgan fingerprint density at radius 3 is 2.32 bits per heavy atom. The monoisotopic (exact) mass is 523 g/mol. The molecular weight excluding hydrogens is 507 g/mol. The van der Waals surface area contributed by atoms with Crippen LogP contribution in [-0.2, 0) is 11.3 Å². The summed E-state index contributed by atoms with van der Waals surface area (Å²) in [5.74, 6) is -0.411.